The number of rotatable bonds is 10. The second-order valence-corrected chi connectivity index (χ2v) is 8.78. The summed E-state index contributed by atoms with van der Waals surface area (Å²) in [6.45, 7) is 4.87. The molecule has 2 N–H and O–H groups in total. The summed E-state index contributed by atoms with van der Waals surface area (Å²) in [4.78, 5) is 47.1. The fraction of sp³-hybridized carbons (Fsp3) is 0.375. The minimum absolute atomic E-state index is 0.0281. The van der Waals surface area contributed by atoms with E-state index in [1.54, 1.807) is 20.8 Å². The average molecular weight is 456 g/mol. The van der Waals surface area contributed by atoms with Crippen LogP contribution in [0, 0.1) is 21.4 Å². The summed E-state index contributed by atoms with van der Waals surface area (Å²) in [6.07, 6.45) is 0.271. The number of nitrogens with zero attached hydrogens (tertiary/aromatic N) is 1. The number of nitrogens with one attached hydrogen (secondary N) is 1. The van der Waals surface area contributed by atoms with Crippen LogP contribution >= 0.6 is 0 Å². The molecule has 0 heterocycles. The molecule has 9 heteroatoms. The Morgan fingerprint density at radius 1 is 1.06 bits per heavy atom. The Kier molecular flexibility index (Phi) is 8.67. The second kappa shape index (κ2) is 11.2. The Bertz CT molecular complexity index is 982. The Labute approximate surface area is 191 Å². The lowest BCUT2D eigenvalue weighted by atomic mass is 9.92. The molecule has 0 aliphatic heterocycles. The third kappa shape index (κ3) is 8.03. The van der Waals surface area contributed by atoms with E-state index in [0.29, 0.717) is 0 Å². The molecular weight excluding hydrogens is 428 g/mol. The smallest absolute Gasteiger partial charge is 0.311 e. The normalized spacial score (nSPS) is 12.9. The van der Waals surface area contributed by atoms with Crippen LogP contribution in [0.4, 0.5) is 5.69 Å². The van der Waals surface area contributed by atoms with Gasteiger partial charge in [0.05, 0.1) is 22.3 Å². The van der Waals surface area contributed by atoms with Gasteiger partial charge in [-0.2, -0.15) is 0 Å². The van der Waals surface area contributed by atoms with Crippen LogP contribution in [0.1, 0.15) is 43.1 Å². The van der Waals surface area contributed by atoms with Gasteiger partial charge in [-0.05, 0) is 51.3 Å². The van der Waals surface area contributed by atoms with Gasteiger partial charge in [0, 0.05) is 17.7 Å². The minimum Gasteiger partial charge on any atom is -0.481 e. The number of aliphatic carboxylic acids is 1. The first-order chi connectivity index (χ1) is 15.5. The van der Waals surface area contributed by atoms with Crippen molar-refractivity contribution < 1.29 is 29.2 Å². The summed E-state index contributed by atoms with van der Waals surface area (Å²) in [5, 5.41) is 23.3. The monoisotopic (exact) mass is 456 g/mol. The predicted octanol–water partition coefficient (Wildman–Crippen LogP) is 3.62. The Morgan fingerprint density at radius 2 is 1.67 bits per heavy atom. The highest BCUT2D eigenvalue weighted by atomic mass is 16.6. The first-order valence-corrected chi connectivity index (χ1v) is 10.5. The lowest BCUT2D eigenvalue weighted by Crippen LogP contribution is -2.42. The molecule has 2 aromatic carbocycles. The van der Waals surface area contributed by atoms with Gasteiger partial charge < -0.3 is 15.2 Å². The molecule has 9 nitrogen and oxygen atoms in total. The zero-order chi connectivity index (χ0) is 24.6. The minimum atomic E-state index is -1.03. The van der Waals surface area contributed by atoms with Crippen molar-refractivity contribution in [2.45, 2.75) is 39.7 Å². The van der Waals surface area contributed by atoms with Gasteiger partial charge in [-0.15, -0.1) is 0 Å². The SMILES string of the molecule is CC(C)(C)C(=O)OC[C@H](C[C@H](Cc1ccccc1)C(=O)O)NC(=O)c1ccc([N+](=O)[O-])cc1. The maximum absolute atomic E-state index is 12.7. The fourth-order valence-corrected chi connectivity index (χ4v) is 3.08. The first-order valence-electron chi connectivity index (χ1n) is 10.5. The topological polar surface area (TPSA) is 136 Å². The van der Waals surface area contributed by atoms with E-state index in [9.17, 15) is 29.6 Å². The Hall–Kier alpha value is -3.75. The number of nitro benzene ring substituents is 1. The van der Waals surface area contributed by atoms with E-state index in [1.165, 1.54) is 24.3 Å². The summed E-state index contributed by atoms with van der Waals surface area (Å²) < 4.78 is 5.35. The van der Waals surface area contributed by atoms with E-state index < -0.39 is 40.1 Å². The van der Waals surface area contributed by atoms with Gasteiger partial charge in [-0.25, -0.2) is 0 Å². The highest BCUT2D eigenvalue weighted by Crippen LogP contribution is 2.19. The quantitative estimate of drug-likeness (QED) is 0.317. The number of hydrogen-bond donors (Lipinski definition) is 2. The summed E-state index contributed by atoms with van der Waals surface area (Å²) in [5.74, 6) is -2.89. The molecule has 0 saturated carbocycles. The van der Waals surface area contributed by atoms with Crippen molar-refractivity contribution in [1.82, 2.24) is 5.32 Å². The molecule has 0 spiro atoms. The molecular formula is C24H28N2O7. The molecule has 0 aliphatic rings. The number of carboxylic acids is 1. The van der Waals surface area contributed by atoms with Gasteiger partial charge in [0.1, 0.15) is 6.61 Å². The molecule has 33 heavy (non-hydrogen) atoms. The third-order valence-electron chi connectivity index (χ3n) is 4.95. The zero-order valence-corrected chi connectivity index (χ0v) is 18.8. The van der Waals surface area contributed by atoms with Crippen molar-refractivity contribution in [2.24, 2.45) is 11.3 Å². The Balaban J connectivity index is 2.18. The lowest BCUT2D eigenvalue weighted by molar-refractivity contribution is -0.384. The molecule has 0 fully saturated rings. The number of esters is 1. The van der Waals surface area contributed by atoms with Crippen LogP contribution in [0.15, 0.2) is 54.6 Å². The number of nitro groups is 1. The van der Waals surface area contributed by atoms with Gasteiger partial charge in [-0.1, -0.05) is 30.3 Å². The number of carbonyl (C=O) groups excluding carboxylic acids is 2. The number of carboxylic acid groups (broad SMARTS) is 1. The van der Waals surface area contributed by atoms with Crippen LogP contribution in [0.5, 0.6) is 0 Å². The van der Waals surface area contributed by atoms with Crippen molar-refractivity contribution >= 4 is 23.5 Å². The summed E-state index contributed by atoms with van der Waals surface area (Å²) in [6, 6.07) is 13.4. The molecule has 2 rings (SSSR count). The highest BCUT2D eigenvalue weighted by Gasteiger charge is 2.28. The fourth-order valence-electron chi connectivity index (χ4n) is 3.08. The van der Waals surface area contributed by atoms with Crippen LogP contribution in [-0.2, 0) is 20.7 Å². The maximum atomic E-state index is 12.7. The van der Waals surface area contributed by atoms with Crippen molar-refractivity contribution in [2.75, 3.05) is 6.61 Å². The van der Waals surface area contributed by atoms with E-state index in [0.717, 1.165) is 5.56 Å². The Morgan fingerprint density at radius 3 is 2.18 bits per heavy atom. The zero-order valence-electron chi connectivity index (χ0n) is 18.8. The summed E-state index contributed by atoms with van der Waals surface area (Å²) >= 11 is 0. The maximum Gasteiger partial charge on any atom is 0.311 e. The van der Waals surface area contributed by atoms with Crippen molar-refractivity contribution in [3.63, 3.8) is 0 Å². The van der Waals surface area contributed by atoms with E-state index in [-0.39, 0.29) is 30.7 Å². The molecule has 0 radical (unpaired) electrons. The molecule has 0 saturated heterocycles. The number of carbonyl (C=O) groups is 3. The number of benzene rings is 2. The molecule has 0 aliphatic carbocycles. The molecule has 176 valence electrons. The molecule has 2 atom stereocenters. The van der Waals surface area contributed by atoms with Gasteiger partial charge in [0.2, 0.25) is 0 Å². The number of non-ortho nitro benzene ring substituents is 1. The lowest BCUT2D eigenvalue weighted by Gasteiger charge is -2.24. The second-order valence-electron chi connectivity index (χ2n) is 8.78. The van der Waals surface area contributed by atoms with E-state index >= 15 is 0 Å². The van der Waals surface area contributed by atoms with E-state index in [4.69, 9.17) is 4.74 Å². The van der Waals surface area contributed by atoms with E-state index in [1.807, 2.05) is 30.3 Å². The predicted molar refractivity (Wildman–Crippen MR) is 121 cm³/mol. The van der Waals surface area contributed by atoms with Crippen molar-refractivity contribution in [3.8, 4) is 0 Å². The standard InChI is InChI=1S/C24H28N2O7/c1-24(2,3)23(30)33-15-19(14-18(22(28)29)13-16-7-5-4-6-8-16)25-21(27)17-9-11-20(12-10-17)26(31)32/h4-12,18-19H,13-15H2,1-3H3,(H,25,27)(H,28,29)/t18-,19-/m0/s1. The van der Waals surface area contributed by atoms with Crippen LogP contribution in [0.2, 0.25) is 0 Å². The first kappa shape index (κ1) is 25.5. The third-order valence-corrected chi connectivity index (χ3v) is 4.95. The largest absolute Gasteiger partial charge is 0.481 e. The highest BCUT2D eigenvalue weighted by molar-refractivity contribution is 5.94. The molecule has 0 bridgehead atoms. The molecule has 1 amide bonds. The number of ether oxygens (including phenoxy) is 1. The van der Waals surface area contributed by atoms with Gasteiger partial charge in [-0.3, -0.25) is 24.5 Å². The number of hydrogen-bond acceptors (Lipinski definition) is 6. The molecule has 0 aromatic heterocycles. The van der Waals surface area contributed by atoms with Crippen LogP contribution in [0.3, 0.4) is 0 Å². The van der Waals surface area contributed by atoms with Crippen LogP contribution in [-0.4, -0.2) is 40.5 Å². The summed E-state index contributed by atoms with van der Waals surface area (Å²) in [5.41, 5.74) is 0.0825. The number of amides is 1. The van der Waals surface area contributed by atoms with Gasteiger partial charge >= 0.3 is 11.9 Å². The van der Waals surface area contributed by atoms with Crippen LogP contribution < -0.4 is 5.32 Å². The van der Waals surface area contributed by atoms with Gasteiger partial charge in [0.25, 0.3) is 11.6 Å². The molecule has 2 aromatic rings. The van der Waals surface area contributed by atoms with Crippen LogP contribution in [0.25, 0.3) is 0 Å². The van der Waals surface area contributed by atoms with Crippen molar-refractivity contribution in [1.29, 1.82) is 0 Å². The van der Waals surface area contributed by atoms with E-state index in [2.05, 4.69) is 5.32 Å². The summed E-state index contributed by atoms with van der Waals surface area (Å²) in [7, 11) is 0. The average Bonchev–Trinajstić information content (AvgIpc) is 2.76. The van der Waals surface area contributed by atoms with Gasteiger partial charge in [0.15, 0.2) is 0 Å². The molecule has 0 unspecified atom stereocenters. The van der Waals surface area contributed by atoms with Crippen molar-refractivity contribution in [3.05, 3.63) is 75.8 Å².